The molecule has 2 heterocycles. The highest BCUT2D eigenvalue weighted by Crippen LogP contribution is 2.41. The molecule has 1 amide bonds. The smallest absolute Gasteiger partial charge is 0.295 e. The van der Waals surface area contributed by atoms with Crippen molar-refractivity contribution < 1.29 is 24.2 Å². The molecule has 0 spiro atoms. The van der Waals surface area contributed by atoms with E-state index in [4.69, 9.17) is 9.47 Å². The summed E-state index contributed by atoms with van der Waals surface area (Å²) in [6.45, 7) is 1.14. The maximum atomic E-state index is 13.0. The molecule has 8 heteroatoms. The second-order valence-electron chi connectivity index (χ2n) is 7.50. The van der Waals surface area contributed by atoms with Crippen LogP contribution < -0.4 is 9.47 Å². The van der Waals surface area contributed by atoms with Crippen molar-refractivity contribution in [2.45, 2.75) is 12.5 Å². The average molecular weight is 425 g/mol. The van der Waals surface area contributed by atoms with Gasteiger partial charge < -0.3 is 24.4 Å². The number of carbonyl (C=O) groups is 2. The van der Waals surface area contributed by atoms with Crippen molar-refractivity contribution in [2.24, 2.45) is 0 Å². The molecular formula is C23H27N3O5. The lowest BCUT2D eigenvalue weighted by atomic mass is 9.95. The number of pyridine rings is 1. The lowest BCUT2D eigenvalue weighted by molar-refractivity contribution is -0.139. The number of aromatic nitrogens is 1. The van der Waals surface area contributed by atoms with E-state index in [9.17, 15) is 14.7 Å². The highest BCUT2D eigenvalue weighted by molar-refractivity contribution is 6.46. The average Bonchev–Trinajstić information content (AvgIpc) is 3.03. The van der Waals surface area contributed by atoms with Gasteiger partial charge in [-0.1, -0.05) is 0 Å². The molecule has 1 atom stereocenters. The van der Waals surface area contributed by atoms with Gasteiger partial charge in [0.15, 0.2) is 0 Å². The van der Waals surface area contributed by atoms with Gasteiger partial charge in [0.1, 0.15) is 17.3 Å². The van der Waals surface area contributed by atoms with Gasteiger partial charge in [0.05, 0.1) is 31.4 Å². The molecule has 1 aliphatic heterocycles. The van der Waals surface area contributed by atoms with Crippen molar-refractivity contribution in [3.05, 3.63) is 59.4 Å². The Morgan fingerprint density at radius 3 is 2.45 bits per heavy atom. The zero-order valence-electron chi connectivity index (χ0n) is 18.2. The fourth-order valence-corrected chi connectivity index (χ4v) is 3.70. The molecule has 0 saturated carbocycles. The molecule has 1 saturated heterocycles. The predicted molar refractivity (Wildman–Crippen MR) is 116 cm³/mol. The Hall–Kier alpha value is -3.39. The SMILES string of the molecule is COc1ccc(C(O)=C2C(=O)C(=O)N(CCCN(C)C)[C@@H]2c2ccncc2)c(OC)c1. The van der Waals surface area contributed by atoms with Gasteiger partial charge >= 0.3 is 0 Å². The van der Waals surface area contributed by atoms with E-state index in [-0.39, 0.29) is 11.3 Å². The molecule has 8 nitrogen and oxygen atoms in total. The summed E-state index contributed by atoms with van der Waals surface area (Å²) in [7, 11) is 6.89. The summed E-state index contributed by atoms with van der Waals surface area (Å²) >= 11 is 0. The van der Waals surface area contributed by atoms with Crippen LogP contribution in [0.25, 0.3) is 5.76 Å². The van der Waals surface area contributed by atoms with E-state index in [0.29, 0.717) is 35.6 Å². The number of hydrogen-bond acceptors (Lipinski definition) is 7. The second kappa shape index (κ2) is 9.61. The number of Topliss-reactive ketones (excluding diaryl/α,β-unsaturated/α-hetero) is 1. The summed E-state index contributed by atoms with van der Waals surface area (Å²) in [5.41, 5.74) is 1.05. The molecule has 1 aliphatic rings. The maximum Gasteiger partial charge on any atom is 0.295 e. The van der Waals surface area contributed by atoms with Crippen molar-refractivity contribution in [1.29, 1.82) is 0 Å². The molecule has 1 aromatic heterocycles. The van der Waals surface area contributed by atoms with E-state index in [1.54, 1.807) is 42.7 Å². The Bertz CT molecular complexity index is 988. The van der Waals surface area contributed by atoms with Crippen LogP contribution in [-0.4, -0.2) is 73.0 Å². The minimum Gasteiger partial charge on any atom is -0.507 e. The monoisotopic (exact) mass is 425 g/mol. The highest BCUT2D eigenvalue weighted by Gasteiger charge is 2.46. The van der Waals surface area contributed by atoms with E-state index >= 15 is 0 Å². The van der Waals surface area contributed by atoms with Crippen LogP contribution in [0.1, 0.15) is 23.6 Å². The zero-order valence-corrected chi connectivity index (χ0v) is 18.2. The van der Waals surface area contributed by atoms with E-state index in [2.05, 4.69) is 4.98 Å². The number of likely N-dealkylation sites (tertiary alicyclic amines) is 1. The Balaban J connectivity index is 2.12. The van der Waals surface area contributed by atoms with Crippen LogP contribution in [0.3, 0.4) is 0 Å². The maximum absolute atomic E-state index is 13.0. The lowest BCUT2D eigenvalue weighted by Crippen LogP contribution is -2.32. The van der Waals surface area contributed by atoms with Gasteiger partial charge in [-0.25, -0.2) is 0 Å². The first-order valence-corrected chi connectivity index (χ1v) is 9.94. The quantitative estimate of drug-likeness (QED) is 0.395. The van der Waals surface area contributed by atoms with Crippen LogP contribution in [0.2, 0.25) is 0 Å². The second-order valence-corrected chi connectivity index (χ2v) is 7.50. The van der Waals surface area contributed by atoms with Crippen molar-refractivity contribution in [3.8, 4) is 11.5 Å². The van der Waals surface area contributed by atoms with Crippen molar-refractivity contribution in [2.75, 3.05) is 41.4 Å². The molecule has 1 N–H and O–H groups in total. The predicted octanol–water partition coefficient (Wildman–Crippen LogP) is 2.47. The van der Waals surface area contributed by atoms with Crippen LogP contribution in [0.15, 0.2) is 48.3 Å². The van der Waals surface area contributed by atoms with Crippen molar-refractivity contribution >= 4 is 17.4 Å². The van der Waals surface area contributed by atoms with E-state index in [1.165, 1.54) is 19.1 Å². The number of ketones is 1. The fourth-order valence-electron chi connectivity index (χ4n) is 3.70. The molecule has 0 unspecified atom stereocenters. The molecule has 3 rings (SSSR count). The van der Waals surface area contributed by atoms with E-state index in [0.717, 1.165) is 6.54 Å². The van der Waals surface area contributed by atoms with Gasteiger partial charge in [0, 0.05) is 25.0 Å². The topological polar surface area (TPSA) is 92.2 Å². The third-order valence-corrected chi connectivity index (χ3v) is 5.23. The number of benzene rings is 1. The Kier molecular flexibility index (Phi) is 6.91. The van der Waals surface area contributed by atoms with Crippen molar-refractivity contribution in [1.82, 2.24) is 14.8 Å². The van der Waals surface area contributed by atoms with Gasteiger partial charge in [0.25, 0.3) is 11.7 Å². The standard InChI is InChI=1S/C23H27N3O5/c1-25(2)12-5-13-26-20(15-8-10-24-11-9-15)19(22(28)23(26)29)21(27)17-7-6-16(30-3)14-18(17)31-4/h6-11,14,20,27H,5,12-13H2,1-4H3/t20-/m1/s1. The molecule has 0 aliphatic carbocycles. The number of hydrogen-bond donors (Lipinski definition) is 1. The molecule has 1 fully saturated rings. The third kappa shape index (κ3) is 4.54. The number of rotatable bonds is 8. The molecule has 2 aromatic rings. The van der Waals surface area contributed by atoms with E-state index in [1.807, 2.05) is 19.0 Å². The summed E-state index contributed by atoms with van der Waals surface area (Å²) in [5, 5.41) is 11.2. The van der Waals surface area contributed by atoms with Gasteiger partial charge in [-0.3, -0.25) is 14.6 Å². The van der Waals surface area contributed by atoms with Gasteiger partial charge in [-0.05, 0) is 56.9 Å². The Morgan fingerprint density at radius 2 is 1.84 bits per heavy atom. The zero-order chi connectivity index (χ0) is 22.5. The molecule has 31 heavy (non-hydrogen) atoms. The number of ether oxygens (including phenoxy) is 2. The first-order valence-electron chi connectivity index (χ1n) is 9.94. The number of aliphatic hydroxyl groups excluding tert-OH is 1. The van der Waals surface area contributed by atoms with Crippen LogP contribution >= 0.6 is 0 Å². The summed E-state index contributed by atoms with van der Waals surface area (Å²) in [4.78, 5) is 33.5. The number of carbonyl (C=O) groups excluding carboxylic acids is 2. The highest BCUT2D eigenvalue weighted by atomic mass is 16.5. The summed E-state index contributed by atoms with van der Waals surface area (Å²) in [6, 6.07) is 7.66. The van der Waals surface area contributed by atoms with Gasteiger partial charge in [0.2, 0.25) is 0 Å². The molecular weight excluding hydrogens is 398 g/mol. The number of nitrogens with zero attached hydrogens (tertiary/aromatic N) is 3. The molecule has 1 aromatic carbocycles. The molecule has 0 bridgehead atoms. The lowest BCUT2D eigenvalue weighted by Gasteiger charge is -2.26. The first kappa shape index (κ1) is 22.3. The summed E-state index contributed by atoms with van der Waals surface area (Å²) < 4.78 is 10.6. The largest absolute Gasteiger partial charge is 0.507 e. The van der Waals surface area contributed by atoms with E-state index < -0.39 is 17.7 Å². The van der Waals surface area contributed by atoms with Crippen LogP contribution in [-0.2, 0) is 9.59 Å². The minimum absolute atomic E-state index is 0.0320. The normalized spacial score (nSPS) is 18.0. The number of amides is 1. The molecule has 0 radical (unpaired) electrons. The van der Waals surface area contributed by atoms with Crippen LogP contribution in [0.5, 0.6) is 11.5 Å². The summed E-state index contributed by atoms with van der Waals surface area (Å²) in [6.07, 6.45) is 3.89. The number of aliphatic hydroxyl groups is 1. The summed E-state index contributed by atoms with van der Waals surface area (Å²) in [5.74, 6) is -0.751. The Labute approximate surface area is 181 Å². The van der Waals surface area contributed by atoms with Crippen LogP contribution in [0, 0.1) is 0 Å². The Morgan fingerprint density at radius 1 is 1.13 bits per heavy atom. The fraction of sp³-hybridized carbons (Fsp3) is 0.348. The molecule has 164 valence electrons. The first-order chi connectivity index (χ1) is 14.9. The van der Waals surface area contributed by atoms with Gasteiger partial charge in [-0.15, -0.1) is 0 Å². The van der Waals surface area contributed by atoms with Gasteiger partial charge in [-0.2, -0.15) is 0 Å². The number of methoxy groups -OCH3 is 2. The van der Waals surface area contributed by atoms with Crippen LogP contribution in [0.4, 0.5) is 0 Å². The van der Waals surface area contributed by atoms with Crippen molar-refractivity contribution in [3.63, 3.8) is 0 Å². The third-order valence-electron chi connectivity index (χ3n) is 5.23. The minimum atomic E-state index is -0.720.